The maximum absolute atomic E-state index is 11.7. The molecule has 1 amide bonds. The van der Waals surface area contributed by atoms with E-state index in [9.17, 15) is 9.59 Å². The number of nitrogens with one attached hydrogen (secondary N) is 1. The van der Waals surface area contributed by atoms with Gasteiger partial charge in [-0.25, -0.2) is 0 Å². The van der Waals surface area contributed by atoms with E-state index < -0.39 is 17.9 Å². The first-order valence-electron chi connectivity index (χ1n) is 5.63. The van der Waals surface area contributed by atoms with Gasteiger partial charge in [0.25, 0.3) is 5.91 Å². The summed E-state index contributed by atoms with van der Waals surface area (Å²) in [6, 6.07) is 9.70. The van der Waals surface area contributed by atoms with Gasteiger partial charge in [0.15, 0.2) is 0 Å². The number of benzene rings is 1. The van der Waals surface area contributed by atoms with Crippen LogP contribution in [0.25, 0.3) is 11.3 Å². The molecule has 6 heteroatoms. The Morgan fingerprint density at radius 3 is 2.63 bits per heavy atom. The third-order valence-electron chi connectivity index (χ3n) is 2.52. The molecule has 1 unspecified atom stereocenters. The largest absolute Gasteiger partial charge is 0.480 e. The molecule has 0 aliphatic heterocycles. The summed E-state index contributed by atoms with van der Waals surface area (Å²) in [6.45, 7) is 1.37. The zero-order chi connectivity index (χ0) is 13.8. The van der Waals surface area contributed by atoms with Gasteiger partial charge >= 0.3 is 5.97 Å². The molecule has 0 spiro atoms. The molecule has 2 aromatic rings. The Hall–Kier alpha value is -2.63. The predicted molar refractivity (Wildman–Crippen MR) is 66.5 cm³/mol. The average molecular weight is 260 g/mol. The summed E-state index contributed by atoms with van der Waals surface area (Å²) in [7, 11) is 0. The lowest BCUT2D eigenvalue weighted by molar-refractivity contribution is -0.138. The number of carboxylic acids is 1. The Morgan fingerprint density at radius 2 is 2.00 bits per heavy atom. The highest BCUT2D eigenvalue weighted by atomic mass is 16.5. The third-order valence-corrected chi connectivity index (χ3v) is 2.52. The number of amides is 1. The van der Waals surface area contributed by atoms with Crippen molar-refractivity contribution in [3.8, 4) is 11.3 Å². The minimum absolute atomic E-state index is 0.0213. The van der Waals surface area contributed by atoms with Gasteiger partial charge in [0, 0.05) is 11.6 Å². The van der Waals surface area contributed by atoms with Crippen molar-refractivity contribution in [2.75, 3.05) is 0 Å². The van der Waals surface area contributed by atoms with Crippen molar-refractivity contribution in [3.05, 3.63) is 42.2 Å². The van der Waals surface area contributed by atoms with Crippen LogP contribution in [0.2, 0.25) is 0 Å². The molecule has 98 valence electrons. The summed E-state index contributed by atoms with van der Waals surface area (Å²) in [5.41, 5.74) is 1.34. The molecule has 0 saturated heterocycles. The summed E-state index contributed by atoms with van der Waals surface area (Å²) < 4.78 is 4.91. The molecule has 0 bridgehead atoms. The SMILES string of the molecule is CC(NC(=O)c1cc(-c2ccccc2)no1)C(=O)O. The molecular formula is C13H12N2O4. The number of hydrogen-bond donors (Lipinski definition) is 2. The Morgan fingerprint density at radius 1 is 1.32 bits per heavy atom. The maximum Gasteiger partial charge on any atom is 0.325 e. The molecule has 1 aromatic heterocycles. The molecule has 1 atom stereocenters. The van der Waals surface area contributed by atoms with E-state index in [0.29, 0.717) is 5.69 Å². The highest BCUT2D eigenvalue weighted by molar-refractivity contribution is 5.94. The lowest BCUT2D eigenvalue weighted by Crippen LogP contribution is -2.38. The van der Waals surface area contributed by atoms with E-state index in [4.69, 9.17) is 9.63 Å². The molecule has 19 heavy (non-hydrogen) atoms. The quantitative estimate of drug-likeness (QED) is 0.869. The number of hydrogen-bond acceptors (Lipinski definition) is 4. The molecule has 0 fully saturated rings. The monoisotopic (exact) mass is 260 g/mol. The summed E-state index contributed by atoms with van der Waals surface area (Å²) in [5.74, 6) is -1.74. The minimum atomic E-state index is -1.11. The summed E-state index contributed by atoms with van der Waals surface area (Å²) in [4.78, 5) is 22.3. The van der Waals surface area contributed by atoms with E-state index in [1.54, 1.807) is 0 Å². The van der Waals surface area contributed by atoms with E-state index in [-0.39, 0.29) is 5.76 Å². The van der Waals surface area contributed by atoms with Crippen LogP contribution in [0.1, 0.15) is 17.5 Å². The van der Waals surface area contributed by atoms with Gasteiger partial charge in [-0.05, 0) is 6.92 Å². The van der Waals surface area contributed by atoms with Gasteiger partial charge in [0.2, 0.25) is 5.76 Å². The Bertz CT molecular complexity index is 592. The van der Waals surface area contributed by atoms with Crippen LogP contribution in [0.15, 0.2) is 40.9 Å². The molecule has 6 nitrogen and oxygen atoms in total. The second kappa shape index (κ2) is 5.34. The molecule has 1 aromatic carbocycles. The van der Waals surface area contributed by atoms with Crippen molar-refractivity contribution >= 4 is 11.9 Å². The van der Waals surface area contributed by atoms with E-state index in [1.165, 1.54) is 13.0 Å². The Balaban J connectivity index is 2.13. The molecular weight excluding hydrogens is 248 g/mol. The van der Waals surface area contributed by atoms with Crippen molar-refractivity contribution in [2.45, 2.75) is 13.0 Å². The highest BCUT2D eigenvalue weighted by Gasteiger charge is 2.19. The van der Waals surface area contributed by atoms with Crippen LogP contribution in [-0.2, 0) is 4.79 Å². The van der Waals surface area contributed by atoms with Crippen molar-refractivity contribution in [1.29, 1.82) is 0 Å². The highest BCUT2D eigenvalue weighted by Crippen LogP contribution is 2.18. The standard InChI is InChI=1S/C13H12N2O4/c1-8(13(17)18)14-12(16)11-7-10(15-19-11)9-5-3-2-4-6-9/h2-8H,1H3,(H,14,16)(H,17,18). The molecule has 0 aliphatic carbocycles. The molecule has 0 radical (unpaired) electrons. The summed E-state index contributed by atoms with van der Waals surface area (Å²) in [5, 5.41) is 14.8. The third kappa shape index (κ3) is 2.98. The Labute approximate surface area is 109 Å². The number of aromatic nitrogens is 1. The van der Waals surface area contributed by atoms with Gasteiger partial charge in [0.05, 0.1) is 0 Å². The number of carbonyl (C=O) groups excluding carboxylic acids is 1. The van der Waals surface area contributed by atoms with Crippen LogP contribution in [0, 0.1) is 0 Å². The van der Waals surface area contributed by atoms with E-state index in [0.717, 1.165) is 5.56 Å². The first-order chi connectivity index (χ1) is 9.08. The lowest BCUT2D eigenvalue weighted by atomic mass is 10.1. The molecule has 0 aliphatic rings. The summed E-state index contributed by atoms with van der Waals surface area (Å²) >= 11 is 0. The van der Waals surface area contributed by atoms with E-state index in [2.05, 4.69) is 10.5 Å². The van der Waals surface area contributed by atoms with E-state index in [1.807, 2.05) is 30.3 Å². The van der Waals surface area contributed by atoms with Crippen molar-refractivity contribution in [1.82, 2.24) is 10.5 Å². The van der Waals surface area contributed by atoms with Crippen LogP contribution in [0.3, 0.4) is 0 Å². The topological polar surface area (TPSA) is 92.4 Å². The van der Waals surface area contributed by atoms with Crippen molar-refractivity contribution in [3.63, 3.8) is 0 Å². The van der Waals surface area contributed by atoms with Crippen LogP contribution in [0.4, 0.5) is 0 Å². The van der Waals surface area contributed by atoms with Gasteiger partial charge in [-0.15, -0.1) is 0 Å². The molecule has 2 N–H and O–H groups in total. The van der Waals surface area contributed by atoms with Gasteiger partial charge in [-0.2, -0.15) is 0 Å². The number of aliphatic carboxylic acids is 1. The van der Waals surface area contributed by atoms with Gasteiger partial charge in [-0.1, -0.05) is 35.5 Å². The molecule has 1 heterocycles. The zero-order valence-electron chi connectivity index (χ0n) is 10.2. The molecule has 2 rings (SSSR count). The maximum atomic E-state index is 11.7. The average Bonchev–Trinajstić information content (AvgIpc) is 2.89. The second-order valence-corrected chi connectivity index (χ2v) is 3.98. The smallest absolute Gasteiger partial charge is 0.325 e. The first kappa shape index (κ1) is 12.8. The number of carbonyl (C=O) groups is 2. The van der Waals surface area contributed by atoms with Crippen molar-refractivity contribution in [2.24, 2.45) is 0 Å². The van der Waals surface area contributed by atoms with Crippen molar-refractivity contribution < 1.29 is 19.2 Å². The van der Waals surface area contributed by atoms with Gasteiger partial charge < -0.3 is 14.9 Å². The Kier molecular flexibility index (Phi) is 3.61. The van der Waals surface area contributed by atoms with Gasteiger partial charge in [0.1, 0.15) is 11.7 Å². The number of rotatable bonds is 4. The summed E-state index contributed by atoms with van der Waals surface area (Å²) in [6.07, 6.45) is 0. The number of nitrogens with zero attached hydrogens (tertiary/aromatic N) is 1. The minimum Gasteiger partial charge on any atom is -0.480 e. The van der Waals surface area contributed by atoms with Crippen LogP contribution < -0.4 is 5.32 Å². The fourth-order valence-corrected chi connectivity index (χ4v) is 1.46. The fraction of sp³-hybridized carbons (Fsp3) is 0.154. The second-order valence-electron chi connectivity index (χ2n) is 3.98. The van der Waals surface area contributed by atoms with Crippen LogP contribution in [-0.4, -0.2) is 28.2 Å². The van der Waals surface area contributed by atoms with E-state index >= 15 is 0 Å². The first-order valence-corrected chi connectivity index (χ1v) is 5.63. The van der Waals surface area contributed by atoms with Crippen LogP contribution in [0.5, 0.6) is 0 Å². The predicted octanol–water partition coefficient (Wildman–Crippen LogP) is 1.54. The molecule has 0 saturated carbocycles. The van der Waals surface area contributed by atoms with Crippen LogP contribution >= 0.6 is 0 Å². The normalized spacial score (nSPS) is 11.8. The lowest BCUT2D eigenvalue weighted by Gasteiger charge is -2.06. The van der Waals surface area contributed by atoms with Gasteiger partial charge in [-0.3, -0.25) is 9.59 Å². The fourth-order valence-electron chi connectivity index (χ4n) is 1.46. The number of carboxylic acid groups (broad SMARTS) is 1. The zero-order valence-corrected chi connectivity index (χ0v) is 10.2.